The Morgan fingerprint density at radius 2 is 1.92 bits per heavy atom. The van der Waals surface area contributed by atoms with E-state index in [9.17, 15) is 9.59 Å². The molecule has 0 bridgehead atoms. The van der Waals surface area contributed by atoms with E-state index >= 15 is 0 Å². The lowest BCUT2D eigenvalue weighted by Gasteiger charge is -2.29. The smallest absolute Gasteiger partial charge is 0.328 e. The fourth-order valence-corrected chi connectivity index (χ4v) is 2.73. The predicted molar refractivity (Wildman–Crippen MR) is 97.1 cm³/mol. The van der Waals surface area contributed by atoms with Crippen molar-refractivity contribution >= 4 is 28.3 Å². The van der Waals surface area contributed by atoms with Crippen LogP contribution in [0.2, 0.25) is 0 Å². The third-order valence-corrected chi connectivity index (χ3v) is 3.91. The maximum absolute atomic E-state index is 12.8. The molecule has 0 saturated heterocycles. The minimum absolute atomic E-state index is 0.245. The Labute approximate surface area is 147 Å². The molecule has 1 unspecified atom stereocenters. The minimum atomic E-state index is -0.791. The zero-order chi connectivity index (χ0) is 18.4. The standard InChI is InChI=1S/C20H21NO4/c1-5-12-25-13-18(22)21(15(3)20(23)24-4)19-14(2)10-11-16-8-6-7-9-17(16)19/h6-11,15H,13H2,1-4H3. The van der Waals surface area contributed by atoms with Crippen LogP contribution in [0.1, 0.15) is 19.4 Å². The van der Waals surface area contributed by atoms with Crippen molar-refractivity contribution in [3.05, 3.63) is 42.0 Å². The van der Waals surface area contributed by atoms with Gasteiger partial charge in [0.25, 0.3) is 5.91 Å². The summed E-state index contributed by atoms with van der Waals surface area (Å²) in [5.74, 6) is 1.71. The molecule has 0 saturated carbocycles. The molecule has 0 fully saturated rings. The van der Waals surface area contributed by atoms with E-state index in [-0.39, 0.29) is 12.5 Å². The van der Waals surface area contributed by atoms with E-state index in [4.69, 9.17) is 9.47 Å². The monoisotopic (exact) mass is 339 g/mol. The van der Waals surface area contributed by atoms with Crippen LogP contribution in [0.5, 0.6) is 0 Å². The van der Waals surface area contributed by atoms with E-state index in [0.29, 0.717) is 5.69 Å². The van der Waals surface area contributed by atoms with Crippen molar-refractivity contribution in [3.63, 3.8) is 0 Å². The van der Waals surface area contributed by atoms with Crippen LogP contribution in [0, 0.1) is 19.0 Å². The van der Waals surface area contributed by atoms with Gasteiger partial charge in [0.2, 0.25) is 0 Å². The molecule has 0 heterocycles. The quantitative estimate of drug-likeness (QED) is 0.621. The highest BCUT2D eigenvalue weighted by Crippen LogP contribution is 2.32. The van der Waals surface area contributed by atoms with Crippen molar-refractivity contribution in [1.29, 1.82) is 0 Å². The molecule has 0 aliphatic carbocycles. The number of hydrogen-bond donors (Lipinski definition) is 0. The minimum Gasteiger partial charge on any atom is -0.467 e. The zero-order valence-corrected chi connectivity index (χ0v) is 14.8. The molecule has 5 heteroatoms. The number of esters is 1. The summed E-state index contributed by atoms with van der Waals surface area (Å²) in [4.78, 5) is 26.4. The highest BCUT2D eigenvalue weighted by Gasteiger charge is 2.30. The first kappa shape index (κ1) is 18.3. The van der Waals surface area contributed by atoms with Gasteiger partial charge in [0.1, 0.15) is 12.1 Å². The zero-order valence-electron chi connectivity index (χ0n) is 14.8. The number of rotatable bonds is 5. The topological polar surface area (TPSA) is 55.8 Å². The van der Waals surface area contributed by atoms with Crippen LogP contribution < -0.4 is 4.90 Å². The molecule has 0 N–H and O–H groups in total. The average molecular weight is 339 g/mol. The Morgan fingerprint density at radius 1 is 1.20 bits per heavy atom. The van der Waals surface area contributed by atoms with E-state index in [1.165, 1.54) is 12.0 Å². The molecular formula is C20H21NO4. The Bertz CT molecular complexity index is 848. The van der Waals surface area contributed by atoms with Crippen LogP contribution in [0.25, 0.3) is 10.8 Å². The Balaban J connectivity index is 2.58. The number of carbonyl (C=O) groups excluding carboxylic acids is 2. The van der Waals surface area contributed by atoms with E-state index in [0.717, 1.165) is 16.3 Å². The van der Waals surface area contributed by atoms with Gasteiger partial charge in [-0.1, -0.05) is 42.3 Å². The first-order valence-corrected chi connectivity index (χ1v) is 7.93. The Kier molecular flexibility index (Phi) is 6.02. The highest BCUT2D eigenvalue weighted by atomic mass is 16.5. The highest BCUT2D eigenvalue weighted by molar-refractivity contribution is 6.08. The van der Waals surface area contributed by atoms with E-state index < -0.39 is 12.0 Å². The number of aryl methyl sites for hydroxylation is 1. The van der Waals surface area contributed by atoms with Crippen LogP contribution in [-0.4, -0.2) is 31.6 Å². The van der Waals surface area contributed by atoms with Crippen LogP contribution in [0.15, 0.2) is 36.4 Å². The summed E-state index contributed by atoms with van der Waals surface area (Å²) >= 11 is 0. The van der Waals surface area contributed by atoms with Crippen molar-refractivity contribution in [2.24, 2.45) is 0 Å². The molecule has 1 atom stereocenters. The fourth-order valence-electron chi connectivity index (χ4n) is 2.73. The number of benzene rings is 2. The van der Waals surface area contributed by atoms with Gasteiger partial charge in [0.15, 0.2) is 6.61 Å². The normalized spacial score (nSPS) is 11.2. The lowest BCUT2D eigenvalue weighted by molar-refractivity contribution is -0.143. The first-order valence-electron chi connectivity index (χ1n) is 7.93. The second-order valence-electron chi connectivity index (χ2n) is 5.56. The molecule has 0 aliphatic rings. The largest absolute Gasteiger partial charge is 0.467 e. The fraction of sp³-hybridized carbons (Fsp3) is 0.300. The molecular weight excluding hydrogens is 318 g/mol. The first-order chi connectivity index (χ1) is 12.0. The Morgan fingerprint density at radius 3 is 2.60 bits per heavy atom. The third kappa shape index (κ3) is 3.92. The molecule has 5 nitrogen and oxygen atoms in total. The lowest BCUT2D eigenvalue weighted by Crippen LogP contribution is -2.46. The second-order valence-corrected chi connectivity index (χ2v) is 5.56. The summed E-state index contributed by atoms with van der Waals surface area (Å²) in [6.45, 7) is 4.91. The summed E-state index contributed by atoms with van der Waals surface area (Å²) in [6, 6.07) is 10.8. The summed E-state index contributed by atoms with van der Waals surface area (Å²) < 4.78 is 9.90. The van der Waals surface area contributed by atoms with Crippen molar-refractivity contribution < 1.29 is 19.1 Å². The van der Waals surface area contributed by atoms with Crippen LogP contribution >= 0.6 is 0 Å². The number of methoxy groups -OCH3 is 1. The maximum Gasteiger partial charge on any atom is 0.328 e. The predicted octanol–water partition coefficient (Wildman–Crippen LogP) is 3.04. The molecule has 0 radical (unpaired) electrons. The molecule has 2 aromatic carbocycles. The summed E-state index contributed by atoms with van der Waals surface area (Å²) in [6.07, 6.45) is 2.41. The van der Waals surface area contributed by atoms with Crippen LogP contribution in [0.4, 0.5) is 5.69 Å². The number of hydrogen-bond acceptors (Lipinski definition) is 4. The average Bonchev–Trinajstić information content (AvgIpc) is 2.63. The van der Waals surface area contributed by atoms with Crippen molar-refractivity contribution in [3.8, 4) is 12.0 Å². The third-order valence-electron chi connectivity index (χ3n) is 3.91. The number of amides is 1. The van der Waals surface area contributed by atoms with Gasteiger partial charge in [-0.25, -0.2) is 4.79 Å². The molecule has 1 amide bonds. The lowest BCUT2D eigenvalue weighted by atomic mass is 10.0. The van der Waals surface area contributed by atoms with Gasteiger partial charge < -0.3 is 9.47 Å². The Hall–Kier alpha value is -3.00. The molecule has 2 aromatic rings. The van der Waals surface area contributed by atoms with Crippen LogP contribution in [0.3, 0.4) is 0 Å². The molecule has 0 spiro atoms. The van der Waals surface area contributed by atoms with Gasteiger partial charge in [-0.2, -0.15) is 0 Å². The molecule has 25 heavy (non-hydrogen) atoms. The number of anilines is 1. The van der Waals surface area contributed by atoms with Gasteiger partial charge in [-0.05, 0) is 24.8 Å². The van der Waals surface area contributed by atoms with Gasteiger partial charge in [-0.15, -0.1) is 0 Å². The summed E-state index contributed by atoms with van der Waals surface area (Å²) in [7, 11) is 1.30. The number of fused-ring (bicyclic) bond motifs is 1. The van der Waals surface area contributed by atoms with E-state index in [2.05, 4.69) is 12.0 Å². The summed E-state index contributed by atoms with van der Waals surface area (Å²) in [5.41, 5.74) is 1.55. The molecule has 130 valence electrons. The molecule has 0 aromatic heterocycles. The van der Waals surface area contributed by atoms with Gasteiger partial charge in [0.05, 0.1) is 12.8 Å². The number of carbonyl (C=O) groups is 2. The van der Waals surface area contributed by atoms with Gasteiger partial charge in [-0.3, -0.25) is 9.69 Å². The van der Waals surface area contributed by atoms with Crippen molar-refractivity contribution in [2.75, 3.05) is 18.6 Å². The number of ether oxygens (including phenoxy) is 2. The van der Waals surface area contributed by atoms with Crippen molar-refractivity contribution in [2.45, 2.75) is 26.8 Å². The van der Waals surface area contributed by atoms with Crippen LogP contribution in [-0.2, 0) is 19.1 Å². The SMILES string of the molecule is CC#COCC(=O)N(c1c(C)ccc2ccccc12)C(C)C(=O)OC. The molecule has 0 aliphatic heterocycles. The summed E-state index contributed by atoms with van der Waals surface area (Å²) in [5, 5.41) is 1.86. The van der Waals surface area contributed by atoms with E-state index in [1.807, 2.05) is 43.3 Å². The van der Waals surface area contributed by atoms with Gasteiger partial charge >= 0.3 is 5.97 Å². The maximum atomic E-state index is 12.8. The number of nitrogens with zero attached hydrogens (tertiary/aromatic N) is 1. The van der Waals surface area contributed by atoms with Gasteiger partial charge in [0, 0.05) is 12.3 Å². The molecule has 2 rings (SSSR count). The van der Waals surface area contributed by atoms with E-state index in [1.54, 1.807) is 13.8 Å². The van der Waals surface area contributed by atoms with Crippen molar-refractivity contribution in [1.82, 2.24) is 0 Å². The second kappa shape index (κ2) is 8.20.